The SMILES string of the molecule is Cn1nc(C(=O)C2CCOCC2)cc1C(C)(C)C. The molecule has 1 aromatic rings. The van der Waals surface area contributed by atoms with Gasteiger partial charge in [0, 0.05) is 37.3 Å². The third kappa shape index (κ3) is 2.64. The van der Waals surface area contributed by atoms with Crippen LogP contribution in [0.4, 0.5) is 0 Å². The number of carbonyl (C=O) groups excluding carboxylic acids is 1. The number of Topliss-reactive ketones (excluding diaryl/α,β-unsaturated/α-hetero) is 1. The van der Waals surface area contributed by atoms with Crippen molar-refractivity contribution < 1.29 is 9.53 Å². The molecule has 100 valence electrons. The zero-order chi connectivity index (χ0) is 13.3. The second-order valence-electron chi connectivity index (χ2n) is 6.04. The van der Waals surface area contributed by atoms with Gasteiger partial charge < -0.3 is 4.74 Å². The lowest BCUT2D eigenvalue weighted by molar-refractivity contribution is 0.0541. The van der Waals surface area contributed by atoms with Crippen molar-refractivity contribution in [3.8, 4) is 0 Å². The number of carbonyl (C=O) groups is 1. The minimum Gasteiger partial charge on any atom is -0.381 e. The van der Waals surface area contributed by atoms with E-state index >= 15 is 0 Å². The van der Waals surface area contributed by atoms with Crippen LogP contribution in [0.1, 0.15) is 49.8 Å². The number of aromatic nitrogens is 2. The van der Waals surface area contributed by atoms with Crippen LogP contribution in [0.3, 0.4) is 0 Å². The molecule has 1 aromatic heterocycles. The van der Waals surface area contributed by atoms with Crippen LogP contribution in [0.15, 0.2) is 6.07 Å². The van der Waals surface area contributed by atoms with Crippen molar-refractivity contribution in [1.82, 2.24) is 9.78 Å². The molecule has 0 aromatic carbocycles. The number of ether oxygens (including phenoxy) is 1. The Morgan fingerprint density at radius 1 is 1.39 bits per heavy atom. The Labute approximate surface area is 108 Å². The number of hydrogen-bond acceptors (Lipinski definition) is 3. The van der Waals surface area contributed by atoms with E-state index in [4.69, 9.17) is 4.74 Å². The van der Waals surface area contributed by atoms with Gasteiger partial charge in [0.1, 0.15) is 5.69 Å². The molecule has 0 radical (unpaired) electrons. The van der Waals surface area contributed by atoms with Crippen molar-refractivity contribution in [3.05, 3.63) is 17.5 Å². The highest BCUT2D eigenvalue weighted by Crippen LogP contribution is 2.25. The monoisotopic (exact) mass is 250 g/mol. The van der Waals surface area contributed by atoms with E-state index in [2.05, 4.69) is 25.9 Å². The van der Waals surface area contributed by atoms with Gasteiger partial charge in [0.2, 0.25) is 0 Å². The number of nitrogens with zero attached hydrogens (tertiary/aromatic N) is 2. The molecule has 4 heteroatoms. The van der Waals surface area contributed by atoms with E-state index < -0.39 is 0 Å². The molecule has 18 heavy (non-hydrogen) atoms. The quantitative estimate of drug-likeness (QED) is 0.757. The topological polar surface area (TPSA) is 44.1 Å². The fourth-order valence-electron chi connectivity index (χ4n) is 2.46. The first-order chi connectivity index (χ1) is 8.39. The Bertz CT molecular complexity index is 437. The molecule has 0 unspecified atom stereocenters. The molecule has 1 fully saturated rings. The van der Waals surface area contributed by atoms with Gasteiger partial charge in [-0.05, 0) is 18.9 Å². The smallest absolute Gasteiger partial charge is 0.186 e. The summed E-state index contributed by atoms with van der Waals surface area (Å²) in [6, 6.07) is 1.94. The predicted octanol–water partition coefficient (Wildman–Crippen LogP) is 2.33. The number of ketones is 1. The normalized spacial score (nSPS) is 18.0. The van der Waals surface area contributed by atoms with E-state index in [9.17, 15) is 4.79 Å². The molecule has 0 atom stereocenters. The minimum atomic E-state index is 0.00988. The molecule has 2 rings (SSSR count). The van der Waals surface area contributed by atoms with Gasteiger partial charge in [0.25, 0.3) is 0 Å². The Kier molecular flexibility index (Phi) is 3.57. The van der Waals surface area contributed by atoms with Crippen LogP contribution in [0.25, 0.3) is 0 Å². The van der Waals surface area contributed by atoms with Crippen LogP contribution in [0.5, 0.6) is 0 Å². The third-order valence-corrected chi connectivity index (χ3v) is 3.49. The second kappa shape index (κ2) is 4.84. The summed E-state index contributed by atoms with van der Waals surface area (Å²) in [7, 11) is 1.90. The molecule has 1 aliphatic heterocycles. The first-order valence-corrected chi connectivity index (χ1v) is 6.56. The molecule has 0 amide bonds. The Hall–Kier alpha value is -1.16. The van der Waals surface area contributed by atoms with Gasteiger partial charge in [-0.1, -0.05) is 20.8 Å². The average Bonchev–Trinajstić information content (AvgIpc) is 2.71. The van der Waals surface area contributed by atoms with Crippen molar-refractivity contribution in [2.45, 2.75) is 39.0 Å². The van der Waals surface area contributed by atoms with Crippen molar-refractivity contribution >= 4 is 5.78 Å². The first-order valence-electron chi connectivity index (χ1n) is 6.56. The van der Waals surface area contributed by atoms with Gasteiger partial charge in [-0.3, -0.25) is 9.48 Å². The summed E-state index contributed by atoms with van der Waals surface area (Å²) in [6.07, 6.45) is 1.64. The van der Waals surface area contributed by atoms with Crippen LogP contribution in [-0.2, 0) is 17.2 Å². The van der Waals surface area contributed by atoms with Crippen LogP contribution < -0.4 is 0 Å². The second-order valence-corrected chi connectivity index (χ2v) is 6.04. The molecule has 1 saturated heterocycles. The highest BCUT2D eigenvalue weighted by molar-refractivity contribution is 5.96. The molecule has 0 saturated carbocycles. The largest absolute Gasteiger partial charge is 0.381 e. The Morgan fingerprint density at radius 3 is 2.50 bits per heavy atom. The van der Waals surface area contributed by atoms with E-state index in [0.29, 0.717) is 18.9 Å². The van der Waals surface area contributed by atoms with Gasteiger partial charge in [-0.15, -0.1) is 0 Å². The average molecular weight is 250 g/mol. The highest BCUT2D eigenvalue weighted by Gasteiger charge is 2.27. The zero-order valence-corrected chi connectivity index (χ0v) is 11.7. The first kappa shape index (κ1) is 13.3. The van der Waals surface area contributed by atoms with E-state index in [0.717, 1.165) is 18.5 Å². The molecule has 1 aliphatic rings. The lowest BCUT2D eigenvalue weighted by Crippen LogP contribution is -2.23. The van der Waals surface area contributed by atoms with Gasteiger partial charge in [0.15, 0.2) is 5.78 Å². The maximum Gasteiger partial charge on any atom is 0.186 e. The summed E-state index contributed by atoms with van der Waals surface area (Å²) in [5.74, 6) is 0.255. The van der Waals surface area contributed by atoms with Crippen LogP contribution in [-0.4, -0.2) is 28.8 Å². The Balaban J connectivity index is 2.21. The highest BCUT2D eigenvalue weighted by atomic mass is 16.5. The van der Waals surface area contributed by atoms with Crippen LogP contribution in [0, 0.1) is 5.92 Å². The number of hydrogen-bond donors (Lipinski definition) is 0. The molecular weight excluding hydrogens is 228 g/mol. The van der Waals surface area contributed by atoms with Gasteiger partial charge >= 0.3 is 0 Å². The van der Waals surface area contributed by atoms with Crippen LogP contribution >= 0.6 is 0 Å². The van der Waals surface area contributed by atoms with Crippen molar-refractivity contribution in [2.75, 3.05) is 13.2 Å². The van der Waals surface area contributed by atoms with Gasteiger partial charge in [-0.25, -0.2) is 0 Å². The minimum absolute atomic E-state index is 0.00988. The van der Waals surface area contributed by atoms with Crippen LogP contribution in [0.2, 0.25) is 0 Å². The van der Waals surface area contributed by atoms with E-state index in [-0.39, 0.29) is 17.1 Å². The molecule has 0 aliphatic carbocycles. The summed E-state index contributed by atoms with van der Waals surface area (Å²) >= 11 is 0. The lowest BCUT2D eigenvalue weighted by Gasteiger charge is -2.19. The molecule has 0 spiro atoms. The van der Waals surface area contributed by atoms with Crippen molar-refractivity contribution in [3.63, 3.8) is 0 Å². The summed E-state index contributed by atoms with van der Waals surface area (Å²) in [5, 5.41) is 4.38. The Morgan fingerprint density at radius 2 is 2.00 bits per heavy atom. The maximum absolute atomic E-state index is 12.4. The lowest BCUT2D eigenvalue weighted by atomic mass is 9.90. The summed E-state index contributed by atoms with van der Waals surface area (Å²) in [6.45, 7) is 7.77. The van der Waals surface area contributed by atoms with Gasteiger partial charge in [-0.2, -0.15) is 5.10 Å². The summed E-state index contributed by atoms with van der Waals surface area (Å²) in [5.41, 5.74) is 1.71. The fraction of sp³-hybridized carbons (Fsp3) is 0.714. The van der Waals surface area contributed by atoms with Crippen molar-refractivity contribution in [2.24, 2.45) is 13.0 Å². The number of aryl methyl sites for hydroxylation is 1. The molecule has 4 nitrogen and oxygen atoms in total. The van der Waals surface area contributed by atoms with Gasteiger partial charge in [0.05, 0.1) is 0 Å². The molecule has 0 N–H and O–H groups in total. The van der Waals surface area contributed by atoms with E-state index in [1.807, 2.05) is 17.8 Å². The molecule has 2 heterocycles. The standard InChI is InChI=1S/C14H22N2O2/c1-14(2,3)12-9-11(15-16(12)4)13(17)10-5-7-18-8-6-10/h9-10H,5-8H2,1-4H3. The number of rotatable bonds is 2. The van der Waals surface area contributed by atoms with Crippen molar-refractivity contribution in [1.29, 1.82) is 0 Å². The summed E-state index contributed by atoms with van der Waals surface area (Å²) in [4.78, 5) is 12.4. The third-order valence-electron chi connectivity index (χ3n) is 3.49. The maximum atomic E-state index is 12.4. The van der Waals surface area contributed by atoms with E-state index in [1.165, 1.54) is 0 Å². The molecule has 0 bridgehead atoms. The predicted molar refractivity (Wildman–Crippen MR) is 69.8 cm³/mol. The summed E-state index contributed by atoms with van der Waals surface area (Å²) < 4.78 is 7.12. The van der Waals surface area contributed by atoms with E-state index in [1.54, 1.807) is 0 Å². The molecular formula is C14H22N2O2. The zero-order valence-electron chi connectivity index (χ0n) is 11.7. The fourth-order valence-corrected chi connectivity index (χ4v) is 2.46.